The highest BCUT2D eigenvalue weighted by atomic mass is 31.2. The summed E-state index contributed by atoms with van der Waals surface area (Å²) in [6, 6.07) is 0. The molecule has 584 valence electrons. The van der Waals surface area contributed by atoms with Gasteiger partial charge in [0.05, 0.1) is 27.7 Å². The van der Waals surface area contributed by atoms with Gasteiger partial charge in [-0.3, -0.25) is 18.6 Å². The Bertz CT molecular complexity index is 2130. The zero-order valence-corrected chi connectivity index (χ0v) is 67.8. The molecule has 0 saturated heterocycles. The highest BCUT2D eigenvalue weighted by molar-refractivity contribution is 7.47. The van der Waals surface area contributed by atoms with Crippen molar-refractivity contribution in [2.75, 3.05) is 47.5 Å². The molecular weight excluding hydrogens is 1270 g/mol. The Labute approximate surface area is 626 Å². The average molecular weight is 1430 g/mol. The van der Waals surface area contributed by atoms with E-state index < -0.39 is 26.5 Å². The van der Waals surface area contributed by atoms with Crippen molar-refractivity contribution in [1.29, 1.82) is 0 Å². The molecule has 10 heteroatoms. The number of rotatable bonds is 79. The van der Waals surface area contributed by atoms with Crippen LogP contribution in [0.25, 0.3) is 0 Å². The topological polar surface area (TPSA) is 108 Å². The molecular formula is C91H163NO8P+. The number of hydrogen-bond donors (Lipinski definition) is 1. The zero-order chi connectivity index (χ0) is 73.3. The first-order chi connectivity index (χ1) is 49.5. The molecule has 0 saturated carbocycles. The Balaban J connectivity index is 3.97. The molecule has 0 heterocycles. The average Bonchev–Trinajstić information content (AvgIpc) is 1.02. The van der Waals surface area contributed by atoms with Gasteiger partial charge in [-0.05, 0) is 89.9 Å². The van der Waals surface area contributed by atoms with Gasteiger partial charge >= 0.3 is 19.8 Å². The normalized spacial score (nSPS) is 13.6. The maximum absolute atomic E-state index is 12.9. The van der Waals surface area contributed by atoms with Crippen LogP contribution in [0.1, 0.15) is 393 Å². The van der Waals surface area contributed by atoms with Gasteiger partial charge < -0.3 is 18.9 Å². The first kappa shape index (κ1) is 97.4. The van der Waals surface area contributed by atoms with Crippen LogP contribution in [0.2, 0.25) is 0 Å². The van der Waals surface area contributed by atoms with Crippen molar-refractivity contribution < 1.29 is 42.1 Å². The number of ether oxygens (including phenoxy) is 2. The van der Waals surface area contributed by atoms with Gasteiger partial charge in [0.15, 0.2) is 6.10 Å². The lowest BCUT2D eigenvalue weighted by atomic mass is 10.0. The van der Waals surface area contributed by atoms with Crippen molar-refractivity contribution >= 4 is 19.8 Å². The second-order valence-corrected chi connectivity index (χ2v) is 31.3. The molecule has 0 spiro atoms. The molecule has 0 aromatic rings. The maximum Gasteiger partial charge on any atom is 0.472 e. The van der Waals surface area contributed by atoms with Crippen LogP contribution in [-0.2, 0) is 32.7 Å². The lowest BCUT2D eigenvalue weighted by molar-refractivity contribution is -0.870. The largest absolute Gasteiger partial charge is 0.472 e. The third-order valence-corrected chi connectivity index (χ3v) is 19.7. The minimum absolute atomic E-state index is 0.0280. The number of carbonyl (C=O) groups is 2. The molecule has 0 aromatic carbocycles. The summed E-state index contributed by atoms with van der Waals surface area (Å²) in [5.74, 6) is -0.791. The van der Waals surface area contributed by atoms with Crippen molar-refractivity contribution in [1.82, 2.24) is 0 Å². The standard InChI is InChI=1S/C91H162NO8P/c1-6-8-10-12-14-16-18-20-22-24-26-28-30-32-34-36-38-40-42-44-45-46-47-48-50-52-54-56-58-60-62-64-66-68-70-72-74-76-78-80-82-84-91(94)100-89(88-99-101(95,96)98-86-85-92(3,4)5)87-97-90(93)83-81-79-77-75-73-71-69-67-65-63-61-59-57-55-53-51-49-43-41-39-37-35-33-31-29-27-25-23-21-19-17-15-13-11-9-7-2/h8,10,14,16,20,22,26,28,32,34,38,40,44-45,47-48,52,54,58,60,89H,6-7,9,11-13,15,17-19,21,23-25,27,29-31,33,35-37,39,41-43,46,49-51,53,55-57,59,61-88H2,1-5H3/p+1/b10-8-,16-14-,22-20-,28-26-,34-32-,40-38-,45-44-,48-47-,54-52-,60-58-. The summed E-state index contributed by atoms with van der Waals surface area (Å²) < 4.78 is 34.9. The molecule has 0 radical (unpaired) electrons. The fourth-order valence-electron chi connectivity index (χ4n) is 12.3. The van der Waals surface area contributed by atoms with Crippen LogP contribution in [0.15, 0.2) is 122 Å². The molecule has 0 fully saturated rings. The van der Waals surface area contributed by atoms with Gasteiger partial charge in [-0.25, -0.2) is 4.57 Å². The molecule has 9 nitrogen and oxygen atoms in total. The minimum Gasteiger partial charge on any atom is -0.462 e. The van der Waals surface area contributed by atoms with E-state index in [-0.39, 0.29) is 32.0 Å². The second kappa shape index (κ2) is 80.5. The van der Waals surface area contributed by atoms with Crippen molar-refractivity contribution in [2.45, 2.75) is 399 Å². The summed E-state index contributed by atoms with van der Waals surface area (Å²) in [6.07, 6.45) is 117. The van der Waals surface area contributed by atoms with Gasteiger partial charge in [0.1, 0.15) is 19.8 Å². The summed E-state index contributed by atoms with van der Waals surface area (Å²) in [6.45, 7) is 4.36. The predicted molar refractivity (Wildman–Crippen MR) is 441 cm³/mol. The number of phosphoric ester groups is 1. The van der Waals surface area contributed by atoms with Gasteiger partial charge in [0.2, 0.25) is 0 Å². The van der Waals surface area contributed by atoms with E-state index >= 15 is 0 Å². The number of unbranched alkanes of at least 4 members (excludes halogenated alkanes) is 45. The van der Waals surface area contributed by atoms with E-state index in [0.717, 1.165) is 109 Å². The van der Waals surface area contributed by atoms with E-state index in [1.807, 2.05) is 21.1 Å². The Morgan fingerprint density at radius 2 is 0.564 bits per heavy atom. The summed E-state index contributed by atoms with van der Waals surface area (Å²) in [7, 11) is 1.48. The van der Waals surface area contributed by atoms with Crippen LogP contribution in [0.5, 0.6) is 0 Å². The summed E-state index contributed by atoms with van der Waals surface area (Å²) in [5, 5.41) is 0. The van der Waals surface area contributed by atoms with Gasteiger partial charge in [-0.1, -0.05) is 411 Å². The summed E-state index contributed by atoms with van der Waals surface area (Å²) >= 11 is 0. The van der Waals surface area contributed by atoms with Crippen molar-refractivity contribution in [3.05, 3.63) is 122 Å². The van der Waals surface area contributed by atoms with Gasteiger partial charge in [-0.2, -0.15) is 0 Å². The molecule has 0 rings (SSSR count). The molecule has 2 atom stereocenters. The van der Waals surface area contributed by atoms with E-state index in [2.05, 4.69) is 135 Å². The number of nitrogens with zero attached hydrogens (tertiary/aromatic N) is 1. The third-order valence-electron chi connectivity index (χ3n) is 18.8. The van der Waals surface area contributed by atoms with Gasteiger partial charge in [0, 0.05) is 12.8 Å². The van der Waals surface area contributed by atoms with Crippen LogP contribution in [0, 0.1) is 0 Å². The van der Waals surface area contributed by atoms with Crippen LogP contribution in [0.4, 0.5) is 0 Å². The van der Waals surface area contributed by atoms with Crippen LogP contribution in [0.3, 0.4) is 0 Å². The van der Waals surface area contributed by atoms with Crippen molar-refractivity contribution in [3.8, 4) is 0 Å². The van der Waals surface area contributed by atoms with E-state index in [1.54, 1.807) is 0 Å². The Morgan fingerprint density at radius 1 is 0.317 bits per heavy atom. The molecule has 0 aliphatic carbocycles. The highest BCUT2D eigenvalue weighted by Crippen LogP contribution is 2.43. The Hall–Kier alpha value is -3.59. The fraction of sp³-hybridized carbons (Fsp3) is 0.758. The smallest absolute Gasteiger partial charge is 0.462 e. The van der Waals surface area contributed by atoms with E-state index in [1.165, 1.54) is 250 Å². The Morgan fingerprint density at radius 3 is 0.842 bits per heavy atom. The number of allylic oxidation sites excluding steroid dienone is 20. The van der Waals surface area contributed by atoms with Crippen LogP contribution >= 0.6 is 7.82 Å². The van der Waals surface area contributed by atoms with Gasteiger partial charge in [0.25, 0.3) is 0 Å². The molecule has 0 aliphatic rings. The first-order valence-electron chi connectivity index (χ1n) is 42.8. The molecule has 0 aromatic heterocycles. The molecule has 0 bridgehead atoms. The number of hydrogen-bond acceptors (Lipinski definition) is 7. The predicted octanol–water partition coefficient (Wildman–Crippen LogP) is 28.9. The van der Waals surface area contributed by atoms with E-state index in [4.69, 9.17) is 18.5 Å². The van der Waals surface area contributed by atoms with Crippen molar-refractivity contribution in [3.63, 3.8) is 0 Å². The lowest BCUT2D eigenvalue weighted by Gasteiger charge is -2.24. The van der Waals surface area contributed by atoms with Crippen LogP contribution < -0.4 is 0 Å². The minimum atomic E-state index is -4.40. The van der Waals surface area contributed by atoms with Crippen LogP contribution in [-0.4, -0.2) is 74.9 Å². The monoisotopic (exact) mass is 1430 g/mol. The van der Waals surface area contributed by atoms with Crippen molar-refractivity contribution in [2.24, 2.45) is 0 Å². The van der Waals surface area contributed by atoms with E-state index in [0.29, 0.717) is 17.4 Å². The molecule has 0 aliphatic heterocycles. The lowest BCUT2D eigenvalue weighted by Crippen LogP contribution is -2.37. The zero-order valence-electron chi connectivity index (χ0n) is 66.9. The fourth-order valence-corrected chi connectivity index (χ4v) is 13.0. The highest BCUT2D eigenvalue weighted by Gasteiger charge is 2.27. The molecule has 2 unspecified atom stereocenters. The Kier molecular flexibility index (Phi) is 77.6. The summed E-state index contributed by atoms with van der Waals surface area (Å²) in [5.41, 5.74) is 0. The second-order valence-electron chi connectivity index (χ2n) is 29.8. The SMILES string of the molecule is CC/C=C\C/C=C\C/C=C\C/C=C\C/C=C\C/C=C\C/C=C\C/C=C\C/C=C\C/C=C\CCCCCCCCCCCCC(=O)OC(COC(=O)CCCCCCCCCCCCCCCCCCCCCCCCCCCCCCCCCCCCCC)COP(=O)(O)OCC[N+](C)(C)C. The molecule has 0 amide bonds. The summed E-state index contributed by atoms with van der Waals surface area (Å²) in [4.78, 5) is 36.0. The van der Waals surface area contributed by atoms with Gasteiger partial charge in [-0.15, -0.1) is 0 Å². The first-order valence-corrected chi connectivity index (χ1v) is 44.3. The number of likely N-dealkylation sites (N-methyl/N-ethyl adjacent to an activating group) is 1. The number of esters is 2. The molecule has 1 N–H and O–H groups in total. The number of carbonyl (C=O) groups excluding carboxylic acids is 2. The maximum atomic E-state index is 12.9. The molecule has 101 heavy (non-hydrogen) atoms. The third kappa shape index (κ3) is 85.2. The van der Waals surface area contributed by atoms with E-state index in [9.17, 15) is 19.0 Å². The number of phosphoric acid groups is 1. The number of quaternary nitrogens is 1. The quantitative estimate of drug-likeness (QED) is 0.0211.